The highest BCUT2D eigenvalue weighted by molar-refractivity contribution is 9.10. The highest BCUT2D eigenvalue weighted by Crippen LogP contribution is 2.28. The second-order valence-corrected chi connectivity index (χ2v) is 8.39. The zero-order valence-corrected chi connectivity index (χ0v) is 19.5. The van der Waals surface area contributed by atoms with Crippen molar-refractivity contribution in [1.82, 2.24) is 0 Å². The van der Waals surface area contributed by atoms with Crippen molar-refractivity contribution in [3.8, 4) is 11.8 Å². The lowest BCUT2D eigenvalue weighted by Gasteiger charge is -2.09. The first-order valence-corrected chi connectivity index (χ1v) is 10.8. The number of ether oxygens (including phenoxy) is 1. The number of hydrogen-bond donors (Lipinski definition) is 1. The maximum atomic E-state index is 12.4. The standard InChI is InChI=1S/C23H15Br2ClN2O2/c24-18-8-5-15(6-9-18)14-30-22-10-7-16(12-19(22)25)11-17(13-27)23(29)28-21-4-2-1-3-20(21)26/h1-12H,14H2,(H,28,29)/b17-11+. The Morgan fingerprint density at radius 2 is 1.83 bits per heavy atom. The van der Waals surface area contributed by atoms with Gasteiger partial charge in [0.1, 0.15) is 24.0 Å². The number of amides is 1. The number of benzene rings is 3. The summed E-state index contributed by atoms with van der Waals surface area (Å²) in [5.41, 5.74) is 2.13. The van der Waals surface area contributed by atoms with Gasteiger partial charge in [0.05, 0.1) is 15.2 Å². The molecule has 4 nitrogen and oxygen atoms in total. The molecule has 150 valence electrons. The van der Waals surface area contributed by atoms with Crippen LogP contribution < -0.4 is 10.1 Å². The zero-order chi connectivity index (χ0) is 21.5. The summed E-state index contributed by atoms with van der Waals surface area (Å²) in [6.07, 6.45) is 1.51. The van der Waals surface area contributed by atoms with E-state index in [1.807, 2.05) is 30.3 Å². The summed E-state index contributed by atoms with van der Waals surface area (Å²) < 4.78 is 7.58. The monoisotopic (exact) mass is 544 g/mol. The Kier molecular flexibility index (Phi) is 7.69. The van der Waals surface area contributed by atoms with Crippen LogP contribution in [-0.2, 0) is 11.4 Å². The van der Waals surface area contributed by atoms with Crippen molar-refractivity contribution in [3.63, 3.8) is 0 Å². The summed E-state index contributed by atoms with van der Waals surface area (Å²) in [5.74, 6) is 0.131. The molecule has 0 aliphatic heterocycles. The van der Waals surface area contributed by atoms with E-state index in [1.54, 1.807) is 42.5 Å². The summed E-state index contributed by atoms with van der Waals surface area (Å²) in [6.45, 7) is 0.421. The summed E-state index contributed by atoms with van der Waals surface area (Å²) in [5, 5.41) is 12.5. The molecular formula is C23H15Br2ClN2O2. The molecular weight excluding hydrogens is 532 g/mol. The van der Waals surface area contributed by atoms with Crippen LogP contribution in [0.5, 0.6) is 5.75 Å². The Labute approximate surface area is 196 Å². The third-order valence-electron chi connectivity index (χ3n) is 4.06. The smallest absolute Gasteiger partial charge is 0.266 e. The minimum Gasteiger partial charge on any atom is -0.488 e. The topological polar surface area (TPSA) is 62.1 Å². The maximum Gasteiger partial charge on any atom is 0.266 e. The lowest BCUT2D eigenvalue weighted by Crippen LogP contribution is -2.13. The number of nitrogens with zero attached hydrogens (tertiary/aromatic N) is 1. The van der Waals surface area contributed by atoms with E-state index in [0.29, 0.717) is 28.6 Å². The second kappa shape index (κ2) is 10.4. The van der Waals surface area contributed by atoms with Gasteiger partial charge in [-0.05, 0) is 69.5 Å². The van der Waals surface area contributed by atoms with Crippen molar-refractivity contribution in [2.45, 2.75) is 6.61 Å². The van der Waals surface area contributed by atoms with Crippen molar-refractivity contribution in [2.75, 3.05) is 5.32 Å². The van der Waals surface area contributed by atoms with Crippen LogP contribution in [0.3, 0.4) is 0 Å². The molecule has 3 aromatic rings. The van der Waals surface area contributed by atoms with Crippen LogP contribution in [0.1, 0.15) is 11.1 Å². The molecule has 0 saturated carbocycles. The van der Waals surface area contributed by atoms with Crippen molar-refractivity contribution < 1.29 is 9.53 Å². The normalized spacial score (nSPS) is 10.9. The molecule has 0 heterocycles. The third-order valence-corrected chi connectivity index (χ3v) is 5.54. The van der Waals surface area contributed by atoms with Gasteiger partial charge in [-0.3, -0.25) is 4.79 Å². The van der Waals surface area contributed by atoms with E-state index in [1.165, 1.54) is 6.08 Å². The van der Waals surface area contributed by atoms with E-state index in [4.69, 9.17) is 16.3 Å². The molecule has 0 spiro atoms. The van der Waals surface area contributed by atoms with Gasteiger partial charge in [0.25, 0.3) is 5.91 Å². The van der Waals surface area contributed by atoms with Crippen LogP contribution in [0, 0.1) is 11.3 Å². The van der Waals surface area contributed by atoms with Crippen LogP contribution >= 0.6 is 43.5 Å². The van der Waals surface area contributed by atoms with Crippen LogP contribution in [0.25, 0.3) is 6.08 Å². The van der Waals surface area contributed by atoms with E-state index in [9.17, 15) is 10.1 Å². The molecule has 1 N–H and O–H groups in total. The second-order valence-electron chi connectivity index (χ2n) is 6.21. The molecule has 0 atom stereocenters. The predicted octanol–water partition coefficient (Wildman–Crippen LogP) is 6.99. The summed E-state index contributed by atoms with van der Waals surface area (Å²) in [7, 11) is 0. The highest BCUT2D eigenvalue weighted by Gasteiger charge is 2.12. The van der Waals surface area contributed by atoms with Crippen molar-refractivity contribution in [1.29, 1.82) is 5.26 Å². The van der Waals surface area contributed by atoms with Crippen molar-refractivity contribution in [3.05, 3.63) is 97.4 Å². The van der Waals surface area contributed by atoms with Gasteiger partial charge in [-0.15, -0.1) is 0 Å². The fourth-order valence-electron chi connectivity index (χ4n) is 2.53. The SMILES string of the molecule is N#C/C(=C\c1ccc(OCc2ccc(Br)cc2)c(Br)c1)C(=O)Nc1ccccc1Cl. The van der Waals surface area contributed by atoms with Gasteiger partial charge in [-0.2, -0.15) is 5.26 Å². The number of nitriles is 1. The molecule has 7 heteroatoms. The zero-order valence-electron chi connectivity index (χ0n) is 15.5. The Morgan fingerprint density at radius 3 is 2.50 bits per heavy atom. The number of nitrogens with one attached hydrogen (secondary N) is 1. The Balaban J connectivity index is 1.71. The molecule has 1 amide bonds. The van der Waals surface area contributed by atoms with Crippen LogP contribution in [0.2, 0.25) is 5.02 Å². The molecule has 3 aromatic carbocycles. The first kappa shape index (κ1) is 22.1. The van der Waals surface area contributed by atoms with Gasteiger partial charge in [-0.1, -0.05) is 57.9 Å². The first-order valence-electron chi connectivity index (χ1n) is 8.81. The average Bonchev–Trinajstić information content (AvgIpc) is 2.74. The first-order chi connectivity index (χ1) is 14.5. The van der Waals surface area contributed by atoms with Gasteiger partial charge >= 0.3 is 0 Å². The molecule has 0 bridgehead atoms. The van der Waals surface area contributed by atoms with Gasteiger partial charge < -0.3 is 10.1 Å². The lowest BCUT2D eigenvalue weighted by atomic mass is 10.1. The van der Waals surface area contributed by atoms with Crippen molar-refractivity contribution in [2.24, 2.45) is 0 Å². The molecule has 0 aliphatic carbocycles. The quantitative estimate of drug-likeness (QED) is 0.268. The fraction of sp³-hybridized carbons (Fsp3) is 0.0435. The third kappa shape index (κ3) is 5.96. The summed E-state index contributed by atoms with van der Waals surface area (Å²) in [4.78, 5) is 12.4. The fourth-order valence-corrected chi connectivity index (χ4v) is 3.49. The Hall–Kier alpha value is -2.59. The van der Waals surface area contributed by atoms with Gasteiger partial charge in [-0.25, -0.2) is 0 Å². The lowest BCUT2D eigenvalue weighted by molar-refractivity contribution is -0.112. The highest BCUT2D eigenvalue weighted by atomic mass is 79.9. The van der Waals surface area contributed by atoms with Crippen LogP contribution in [0.15, 0.2) is 81.2 Å². The number of carbonyl (C=O) groups is 1. The number of halogens is 3. The van der Waals surface area contributed by atoms with E-state index >= 15 is 0 Å². The van der Waals surface area contributed by atoms with E-state index < -0.39 is 5.91 Å². The molecule has 0 fully saturated rings. The van der Waals surface area contributed by atoms with E-state index in [2.05, 4.69) is 37.2 Å². The molecule has 0 radical (unpaired) electrons. The summed E-state index contributed by atoms with van der Waals surface area (Å²) in [6, 6.07) is 22.0. The maximum absolute atomic E-state index is 12.4. The van der Waals surface area contributed by atoms with Gasteiger partial charge in [0, 0.05) is 4.47 Å². The average molecular weight is 547 g/mol. The van der Waals surface area contributed by atoms with Crippen LogP contribution in [-0.4, -0.2) is 5.91 Å². The molecule has 30 heavy (non-hydrogen) atoms. The van der Waals surface area contributed by atoms with Crippen LogP contribution in [0.4, 0.5) is 5.69 Å². The van der Waals surface area contributed by atoms with Gasteiger partial charge in [0.2, 0.25) is 0 Å². The number of para-hydroxylation sites is 1. The van der Waals surface area contributed by atoms with Crippen molar-refractivity contribution >= 4 is 61.1 Å². The number of anilines is 1. The van der Waals surface area contributed by atoms with E-state index in [0.717, 1.165) is 14.5 Å². The van der Waals surface area contributed by atoms with E-state index in [-0.39, 0.29) is 5.57 Å². The molecule has 0 unspecified atom stereocenters. The Morgan fingerprint density at radius 1 is 1.10 bits per heavy atom. The predicted molar refractivity (Wildman–Crippen MR) is 126 cm³/mol. The minimum absolute atomic E-state index is 0.0367. The molecule has 0 aromatic heterocycles. The number of hydrogen-bond acceptors (Lipinski definition) is 3. The molecule has 0 saturated heterocycles. The summed E-state index contributed by atoms with van der Waals surface area (Å²) >= 11 is 12.9. The minimum atomic E-state index is -0.530. The largest absolute Gasteiger partial charge is 0.488 e. The number of carbonyl (C=O) groups excluding carboxylic acids is 1. The molecule has 3 rings (SSSR count). The van der Waals surface area contributed by atoms with Gasteiger partial charge in [0.15, 0.2) is 0 Å². The number of rotatable bonds is 6. The molecule has 0 aliphatic rings. The Bertz CT molecular complexity index is 1140.